The van der Waals surface area contributed by atoms with Crippen LogP contribution in [0.2, 0.25) is 0 Å². The van der Waals surface area contributed by atoms with Crippen LogP contribution in [0.15, 0.2) is 146 Å². The summed E-state index contributed by atoms with van der Waals surface area (Å²) in [6.07, 6.45) is 7.18. The average molecular weight is 727 g/mol. The van der Waals surface area contributed by atoms with E-state index >= 15 is 0 Å². The largest absolute Gasteiger partial charge is 0.489 e. The van der Waals surface area contributed by atoms with Crippen molar-refractivity contribution in [1.29, 1.82) is 0 Å². The Balaban J connectivity index is 0.789. The summed E-state index contributed by atoms with van der Waals surface area (Å²) in [5, 5.41) is 3.93. The summed E-state index contributed by atoms with van der Waals surface area (Å²) in [6.45, 7) is 0.807. The van der Waals surface area contributed by atoms with Gasteiger partial charge in [0.05, 0.1) is 44.1 Å². The maximum atomic E-state index is 6.27. The SMILES string of the molecule is c1ccc(COc2ccc(-c3nc4c5cccnc5c5ncccc5c4[nH]3)cc2)c(COc2ccc(-c3nc4c5cccnc5c5ncccc5c4[nH]3)cc2)c1. The van der Waals surface area contributed by atoms with Gasteiger partial charge in [-0.15, -0.1) is 0 Å². The lowest BCUT2D eigenvalue weighted by molar-refractivity contribution is 0.285. The van der Waals surface area contributed by atoms with E-state index in [9.17, 15) is 0 Å². The summed E-state index contributed by atoms with van der Waals surface area (Å²) < 4.78 is 12.5. The molecule has 2 N–H and O–H groups in total. The number of aromatic nitrogens is 8. The van der Waals surface area contributed by atoms with E-state index in [-0.39, 0.29) is 0 Å². The van der Waals surface area contributed by atoms with Gasteiger partial charge in [-0.05, 0) is 108 Å². The normalized spacial score (nSPS) is 11.7. The van der Waals surface area contributed by atoms with Gasteiger partial charge in [0.25, 0.3) is 0 Å². The second kappa shape index (κ2) is 13.0. The molecule has 0 aliphatic heterocycles. The quantitative estimate of drug-likeness (QED) is 0.148. The van der Waals surface area contributed by atoms with Crippen molar-refractivity contribution in [1.82, 2.24) is 39.9 Å². The van der Waals surface area contributed by atoms with Crippen LogP contribution in [0, 0.1) is 0 Å². The van der Waals surface area contributed by atoms with Crippen molar-refractivity contribution in [2.45, 2.75) is 13.2 Å². The van der Waals surface area contributed by atoms with Crippen LogP contribution < -0.4 is 9.47 Å². The molecule has 5 aromatic carbocycles. The van der Waals surface area contributed by atoms with Crippen LogP contribution in [0.4, 0.5) is 0 Å². The molecule has 266 valence electrons. The molecular weight excluding hydrogens is 697 g/mol. The van der Waals surface area contributed by atoms with Crippen molar-refractivity contribution in [3.05, 3.63) is 157 Å². The first-order valence-corrected chi connectivity index (χ1v) is 18.3. The fraction of sp³-hybridized carbons (Fsp3) is 0.0435. The van der Waals surface area contributed by atoms with E-state index in [1.54, 1.807) is 24.8 Å². The van der Waals surface area contributed by atoms with E-state index < -0.39 is 0 Å². The molecule has 11 rings (SSSR count). The van der Waals surface area contributed by atoms with E-state index in [1.807, 2.05) is 97.1 Å². The Hall–Kier alpha value is -7.72. The minimum atomic E-state index is 0.404. The Morgan fingerprint density at radius 2 is 0.750 bits per heavy atom. The molecule has 6 heterocycles. The minimum absolute atomic E-state index is 0.404. The summed E-state index contributed by atoms with van der Waals surface area (Å²) in [5.41, 5.74) is 11.1. The summed E-state index contributed by atoms with van der Waals surface area (Å²) in [4.78, 5) is 35.6. The molecule has 0 amide bonds. The number of nitrogens with one attached hydrogen (secondary N) is 2. The summed E-state index contributed by atoms with van der Waals surface area (Å²) in [5.74, 6) is 3.08. The lowest BCUT2D eigenvalue weighted by Gasteiger charge is -2.13. The highest BCUT2D eigenvalue weighted by Gasteiger charge is 2.17. The molecule has 0 aliphatic carbocycles. The van der Waals surface area contributed by atoms with Gasteiger partial charge in [-0.25, -0.2) is 9.97 Å². The number of H-pyrrole nitrogens is 2. The number of imidazole rings is 2. The van der Waals surface area contributed by atoms with Crippen molar-refractivity contribution < 1.29 is 9.47 Å². The summed E-state index contributed by atoms with van der Waals surface area (Å²) >= 11 is 0. The fourth-order valence-electron chi connectivity index (χ4n) is 7.54. The molecule has 0 atom stereocenters. The van der Waals surface area contributed by atoms with Crippen LogP contribution in [-0.2, 0) is 13.2 Å². The van der Waals surface area contributed by atoms with Crippen LogP contribution in [0.5, 0.6) is 11.5 Å². The van der Waals surface area contributed by atoms with E-state index in [0.717, 1.165) is 111 Å². The molecule has 11 aromatic rings. The Labute approximate surface area is 318 Å². The lowest BCUT2D eigenvalue weighted by atomic mass is 10.1. The number of hydrogen-bond donors (Lipinski definition) is 2. The van der Waals surface area contributed by atoms with E-state index in [2.05, 4.69) is 54.2 Å². The van der Waals surface area contributed by atoms with Crippen LogP contribution in [0.3, 0.4) is 0 Å². The number of aromatic amines is 2. The van der Waals surface area contributed by atoms with Gasteiger partial charge in [-0.3, -0.25) is 19.9 Å². The Kier molecular flexibility index (Phi) is 7.37. The van der Waals surface area contributed by atoms with E-state index in [0.29, 0.717) is 13.2 Å². The number of nitrogens with zero attached hydrogens (tertiary/aromatic N) is 6. The maximum Gasteiger partial charge on any atom is 0.138 e. The summed E-state index contributed by atoms with van der Waals surface area (Å²) in [7, 11) is 0. The van der Waals surface area contributed by atoms with Crippen molar-refractivity contribution in [2.24, 2.45) is 0 Å². The second-order valence-electron chi connectivity index (χ2n) is 13.6. The van der Waals surface area contributed by atoms with Crippen molar-refractivity contribution in [3.63, 3.8) is 0 Å². The molecule has 0 unspecified atom stereocenters. The van der Waals surface area contributed by atoms with Gasteiger partial charge in [0.2, 0.25) is 0 Å². The van der Waals surface area contributed by atoms with Gasteiger partial charge in [0.1, 0.15) is 36.4 Å². The van der Waals surface area contributed by atoms with Gasteiger partial charge in [0, 0.05) is 57.5 Å². The van der Waals surface area contributed by atoms with Crippen molar-refractivity contribution in [3.8, 4) is 34.3 Å². The molecule has 10 nitrogen and oxygen atoms in total. The number of hydrogen-bond acceptors (Lipinski definition) is 8. The van der Waals surface area contributed by atoms with Gasteiger partial charge in [0.15, 0.2) is 0 Å². The molecule has 6 aromatic heterocycles. The molecule has 0 saturated carbocycles. The molecule has 10 heteroatoms. The molecular formula is C46H30N8O2. The molecule has 0 fully saturated rings. The zero-order chi connectivity index (χ0) is 37.0. The summed E-state index contributed by atoms with van der Waals surface area (Å²) in [6, 6.07) is 40.1. The second-order valence-corrected chi connectivity index (χ2v) is 13.6. The fourth-order valence-corrected chi connectivity index (χ4v) is 7.54. The van der Waals surface area contributed by atoms with Crippen LogP contribution >= 0.6 is 0 Å². The third-order valence-electron chi connectivity index (χ3n) is 10.3. The first kappa shape index (κ1) is 31.8. The standard InChI is InChI=1S/C46H30N8O2/c1-2-8-30(26-56-32-19-15-28(16-20-32)46-53-43-35-11-5-23-49-39(35)40-36(44(43)54-46)12-6-24-50-40)29(7-1)25-55-31-17-13-27(14-18-31)45-51-41-33-9-3-21-47-37(33)38-34(42(41)52-45)10-4-22-48-38/h1-24H,25-26H2,(H,51,52)(H,53,54). The smallest absolute Gasteiger partial charge is 0.138 e. The Morgan fingerprint density at radius 1 is 0.375 bits per heavy atom. The molecule has 0 bridgehead atoms. The Bertz CT molecular complexity index is 2900. The van der Waals surface area contributed by atoms with Gasteiger partial charge in [-0.2, -0.15) is 0 Å². The zero-order valence-electron chi connectivity index (χ0n) is 29.8. The molecule has 0 radical (unpaired) electrons. The highest BCUT2D eigenvalue weighted by Crippen LogP contribution is 2.35. The van der Waals surface area contributed by atoms with Crippen LogP contribution in [0.1, 0.15) is 11.1 Å². The maximum absolute atomic E-state index is 6.27. The highest BCUT2D eigenvalue weighted by atomic mass is 16.5. The van der Waals surface area contributed by atoms with Gasteiger partial charge in [-0.1, -0.05) is 24.3 Å². The van der Waals surface area contributed by atoms with Gasteiger partial charge < -0.3 is 19.4 Å². The highest BCUT2D eigenvalue weighted by molar-refractivity contribution is 6.22. The predicted octanol–water partition coefficient (Wildman–Crippen LogP) is 10.1. The number of fused-ring (bicyclic) bond motifs is 12. The van der Waals surface area contributed by atoms with Crippen molar-refractivity contribution >= 4 is 65.7 Å². The predicted molar refractivity (Wildman–Crippen MR) is 219 cm³/mol. The molecule has 0 saturated heterocycles. The first-order valence-electron chi connectivity index (χ1n) is 18.3. The number of benzene rings is 5. The van der Waals surface area contributed by atoms with Gasteiger partial charge >= 0.3 is 0 Å². The topological polar surface area (TPSA) is 127 Å². The monoisotopic (exact) mass is 726 g/mol. The van der Waals surface area contributed by atoms with Crippen molar-refractivity contribution in [2.75, 3.05) is 0 Å². The lowest BCUT2D eigenvalue weighted by Crippen LogP contribution is -2.03. The average Bonchev–Trinajstić information content (AvgIpc) is 3.93. The number of pyridine rings is 4. The number of rotatable bonds is 8. The molecule has 56 heavy (non-hydrogen) atoms. The number of ether oxygens (including phenoxy) is 2. The van der Waals surface area contributed by atoms with E-state index in [1.165, 1.54) is 0 Å². The zero-order valence-corrected chi connectivity index (χ0v) is 29.8. The van der Waals surface area contributed by atoms with Crippen LogP contribution in [0.25, 0.3) is 88.5 Å². The van der Waals surface area contributed by atoms with E-state index in [4.69, 9.17) is 19.4 Å². The first-order chi connectivity index (χ1) is 27.7. The Morgan fingerprint density at radius 3 is 1.16 bits per heavy atom. The van der Waals surface area contributed by atoms with Crippen LogP contribution in [-0.4, -0.2) is 39.9 Å². The molecule has 0 spiro atoms. The third kappa shape index (κ3) is 5.34. The minimum Gasteiger partial charge on any atom is -0.489 e. The third-order valence-corrected chi connectivity index (χ3v) is 10.3. The molecule has 0 aliphatic rings.